The predicted octanol–water partition coefficient (Wildman–Crippen LogP) is 3.30. The smallest absolute Gasteiger partial charge is 0.282 e. The van der Waals surface area contributed by atoms with Crippen molar-refractivity contribution in [2.75, 3.05) is 19.1 Å². The van der Waals surface area contributed by atoms with Crippen molar-refractivity contribution < 1.29 is 9.53 Å². The average Bonchev–Trinajstić information content (AvgIpc) is 2.26. The number of carbonyl (C=O) groups is 1. The number of ether oxygens (including phenoxy) is 1. The summed E-state index contributed by atoms with van der Waals surface area (Å²) < 4.78 is 5.28. The number of hydrogen-bond acceptors (Lipinski definition) is 2. The second-order valence-electron chi connectivity index (χ2n) is 3.93. The molecule has 0 N–H and O–H groups in total. The number of methoxy groups -OCH3 is 1. The molecule has 1 rings (SSSR count). The fourth-order valence-electron chi connectivity index (χ4n) is 1.43. The summed E-state index contributed by atoms with van der Waals surface area (Å²) in [6.07, 6.45) is 0. The van der Waals surface area contributed by atoms with Gasteiger partial charge in [0.1, 0.15) is 5.75 Å². The minimum absolute atomic E-state index is 0.310. The molecule has 0 aliphatic rings. The van der Waals surface area contributed by atoms with Gasteiger partial charge in [0, 0.05) is 7.05 Å². The van der Waals surface area contributed by atoms with Gasteiger partial charge in [0.2, 0.25) is 0 Å². The summed E-state index contributed by atoms with van der Waals surface area (Å²) in [5, 5.41) is -0.310. The molecule has 1 amide bonds. The van der Waals surface area contributed by atoms with Crippen LogP contribution in [0.1, 0.15) is 25.3 Å². The van der Waals surface area contributed by atoms with Crippen LogP contribution < -0.4 is 9.64 Å². The van der Waals surface area contributed by atoms with Gasteiger partial charge in [-0.2, -0.15) is 0 Å². The van der Waals surface area contributed by atoms with Crippen LogP contribution in [0.3, 0.4) is 0 Å². The lowest BCUT2D eigenvalue weighted by molar-refractivity contribution is 0.266. The zero-order valence-corrected chi connectivity index (χ0v) is 10.9. The van der Waals surface area contributed by atoms with Crippen LogP contribution >= 0.6 is 12.6 Å². The largest absolute Gasteiger partial charge is 0.495 e. The first-order valence-corrected chi connectivity index (χ1v) is 5.56. The lowest BCUT2D eigenvalue weighted by Crippen LogP contribution is -2.20. The summed E-state index contributed by atoms with van der Waals surface area (Å²) in [7, 11) is 3.27. The lowest BCUT2D eigenvalue weighted by atomic mass is 10.0. The van der Waals surface area contributed by atoms with Gasteiger partial charge < -0.3 is 9.64 Å². The van der Waals surface area contributed by atoms with Crippen molar-refractivity contribution in [1.29, 1.82) is 0 Å². The first kappa shape index (κ1) is 12.9. The van der Waals surface area contributed by atoms with Gasteiger partial charge in [-0.25, -0.2) is 0 Å². The molecule has 0 aliphatic heterocycles. The van der Waals surface area contributed by atoms with E-state index in [2.05, 4.69) is 26.5 Å². The van der Waals surface area contributed by atoms with Crippen molar-refractivity contribution in [2.24, 2.45) is 0 Å². The molecule has 0 saturated heterocycles. The summed E-state index contributed by atoms with van der Waals surface area (Å²) in [5.74, 6) is 1.12. The molecule has 0 aromatic heterocycles. The van der Waals surface area contributed by atoms with Crippen LogP contribution in [-0.2, 0) is 0 Å². The molecule has 0 bridgehead atoms. The van der Waals surface area contributed by atoms with Gasteiger partial charge >= 0.3 is 0 Å². The van der Waals surface area contributed by atoms with Crippen molar-refractivity contribution in [3.05, 3.63) is 23.8 Å². The molecule has 16 heavy (non-hydrogen) atoms. The van der Waals surface area contributed by atoms with Crippen molar-refractivity contribution in [2.45, 2.75) is 19.8 Å². The van der Waals surface area contributed by atoms with E-state index in [0.29, 0.717) is 11.7 Å². The Hall–Kier alpha value is -1.16. The molecular formula is C12H17NO2S. The maximum absolute atomic E-state index is 11.2. The van der Waals surface area contributed by atoms with E-state index < -0.39 is 0 Å². The Bertz CT molecular complexity index is 391. The highest BCUT2D eigenvalue weighted by Crippen LogP contribution is 2.31. The summed E-state index contributed by atoms with van der Waals surface area (Å²) in [5.41, 5.74) is 1.91. The molecule has 0 radical (unpaired) electrons. The van der Waals surface area contributed by atoms with Gasteiger partial charge in [0.25, 0.3) is 5.24 Å². The number of benzene rings is 1. The molecule has 0 fully saturated rings. The van der Waals surface area contributed by atoms with Crippen LogP contribution in [0.2, 0.25) is 0 Å². The van der Waals surface area contributed by atoms with Crippen LogP contribution in [0, 0.1) is 0 Å². The lowest BCUT2D eigenvalue weighted by Gasteiger charge is -2.19. The molecule has 1 aromatic carbocycles. The number of hydrogen-bond donors (Lipinski definition) is 1. The van der Waals surface area contributed by atoms with Gasteiger partial charge in [-0.1, -0.05) is 32.5 Å². The number of thiol groups is 1. The molecule has 4 heteroatoms. The van der Waals surface area contributed by atoms with Crippen LogP contribution in [0.5, 0.6) is 5.75 Å². The van der Waals surface area contributed by atoms with Gasteiger partial charge in [0.15, 0.2) is 0 Å². The van der Waals surface area contributed by atoms with E-state index in [-0.39, 0.29) is 5.24 Å². The third kappa shape index (κ3) is 2.70. The van der Waals surface area contributed by atoms with E-state index in [1.165, 1.54) is 10.5 Å². The van der Waals surface area contributed by atoms with E-state index in [1.807, 2.05) is 18.2 Å². The Morgan fingerprint density at radius 3 is 2.50 bits per heavy atom. The first-order valence-electron chi connectivity index (χ1n) is 5.12. The molecule has 0 atom stereocenters. The zero-order valence-electron chi connectivity index (χ0n) is 10.0. The Kier molecular flexibility index (Phi) is 4.24. The second kappa shape index (κ2) is 5.25. The van der Waals surface area contributed by atoms with E-state index in [4.69, 9.17) is 4.74 Å². The van der Waals surface area contributed by atoms with Crippen molar-refractivity contribution >= 4 is 23.6 Å². The van der Waals surface area contributed by atoms with Crippen molar-refractivity contribution in [1.82, 2.24) is 0 Å². The summed E-state index contributed by atoms with van der Waals surface area (Å²) in [4.78, 5) is 12.6. The Balaban J connectivity index is 3.16. The number of anilines is 1. The highest BCUT2D eigenvalue weighted by atomic mass is 32.1. The Morgan fingerprint density at radius 2 is 2.06 bits per heavy atom. The molecule has 0 saturated carbocycles. The van der Waals surface area contributed by atoms with E-state index in [9.17, 15) is 4.79 Å². The summed E-state index contributed by atoms with van der Waals surface area (Å²) >= 11 is 3.79. The molecular weight excluding hydrogens is 222 g/mol. The number of rotatable bonds is 3. The zero-order chi connectivity index (χ0) is 12.3. The fraction of sp³-hybridized carbons (Fsp3) is 0.417. The van der Waals surface area contributed by atoms with E-state index >= 15 is 0 Å². The van der Waals surface area contributed by atoms with Crippen molar-refractivity contribution in [3.8, 4) is 5.75 Å². The second-order valence-corrected chi connectivity index (χ2v) is 4.31. The maximum Gasteiger partial charge on any atom is 0.282 e. The topological polar surface area (TPSA) is 29.5 Å². The summed E-state index contributed by atoms with van der Waals surface area (Å²) in [6.45, 7) is 4.23. The van der Waals surface area contributed by atoms with Crippen LogP contribution in [-0.4, -0.2) is 19.4 Å². The molecule has 0 aliphatic carbocycles. The number of nitrogens with zero attached hydrogens (tertiary/aromatic N) is 1. The standard InChI is InChI=1S/C12H17NO2S/c1-8(2)9-5-6-10(11(7-9)15-4)13(3)12(14)16/h5-8H,1-4H3,(H,14,16). The average molecular weight is 239 g/mol. The van der Waals surface area contributed by atoms with Gasteiger partial charge in [-0.15, -0.1) is 0 Å². The summed E-state index contributed by atoms with van der Waals surface area (Å²) in [6, 6.07) is 5.82. The number of carbonyl (C=O) groups excluding carboxylic acids is 1. The molecule has 0 unspecified atom stereocenters. The molecule has 1 aromatic rings. The highest BCUT2D eigenvalue weighted by Gasteiger charge is 2.13. The monoisotopic (exact) mass is 239 g/mol. The minimum Gasteiger partial charge on any atom is -0.495 e. The molecule has 88 valence electrons. The van der Waals surface area contributed by atoms with Crippen molar-refractivity contribution in [3.63, 3.8) is 0 Å². The Morgan fingerprint density at radius 1 is 1.44 bits per heavy atom. The van der Waals surface area contributed by atoms with Gasteiger partial charge in [-0.3, -0.25) is 4.79 Å². The number of amides is 1. The first-order chi connectivity index (χ1) is 7.47. The predicted molar refractivity (Wildman–Crippen MR) is 69.9 cm³/mol. The van der Waals surface area contributed by atoms with Crippen LogP contribution in [0.15, 0.2) is 18.2 Å². The normalized spacial score (nSPS) is 10.4. The third-order valence-electron chi connectivity index (χ3n) is 2.52. The molecule has 0 heterocycles. The van der Waals surface area contributed by atoms with Crippen LogP contribution in [0.25, 0.3) is 0 Å². The van der Waals surface area contributed by atoms with E-state index in [1.54, 1.807) is 14.2 Å². The van der Waals surface area contributed by atoms with Crippen LogP contribution in [0.4, 0.5) is 10.5 Å². The minimum atomic E-state index is -0.310. The molecule has 3 nitrogen and oxygen atoms in total. The van der Waals surface area contributed by atoms with Gasteiger partial charge in [0.05, 0.1) is 12.8 Å². The SMILES string of the molecule is COc1cc(C(C)C)ccc1N(C)C(=O)S. The third-order valence-corrected chi connectivity index (χ3v) is 2.82. The van der Waals surface area contributed by atoms with E-state index in [0.717, 1.165) is 5.69 Å². The molecule has 0 spiro atoms. The van der Waals surface area contributed by atoms with Gasteiger partial charge in [-0.05, 0) is 23.6 Å². The Labute approximate surface area is 102 Å². The fourth-order valence-corrected chi connectivity index (χ4v) is 1.54. The maximum atomic E-state index is 11.2. The highest BCUT2D eigenvalue weighted by molar-refractivity contribution is 7.96. The quantitative estimate of drug-likeness (QED) is 0.820.